The van der Waals surface area contributed by atoms with Crippen LogP contribution >= 0.6 is 11.6 Å². The molecule has 2 rings (SSSR count). The predicted octanol–water partition coefficient (Wildman–Crippen LogP) is 1.58. The van der Waals surface area contributed by atoms with Gasteiger partial charge >= 0.3 is 0 Å². The van der Waals surface area contributed by atoms with Crippen LogP contribution in [-0.4, -0.2) is 75.5 Å². The fourth-order valence-electron chi connectivity index (χ4n) is 2.78. The summed E-state index contributed by atoms with van der Waals surface area (Å²) < 4.78 is 32.2. The van der Waals surface area contributed by atoms with Crippen molar-refractivity contribution in [2.45, 2.75) is 31.3 Å². The Morgan fingerprint density at radius 3 is 2.59 bits per heavy atom. The molecular weight excluding hydrogens is 390 g/mol. The number of nitrogens with one attached hydrogen (secondary N) is 1. The molecule has 0 saturated carbocycles. The number of carbonyl (C=O) groups excluding carboxylic acids is 1. The standard InChI is InChI=1S/C18H28ClN3O4S/c1-15(2)26-12-4-7-20-18(23)14-21-8-10-22(11-9-21)27(24,25)17-6-3-5-16(19)13-17/h3,5-6,13,15H,4,7-12,14H2,1-2H3,(H,20,23). The van der Waals surface area contributed by atoms with Crippen LogP contribution in [0.1, 0.15) is 20.3 Å². The van der Waals surface area contributed by atoms with E-state index in [0.717, 1.165) is 6.42 Å². The summed E-state index contributed by atoms with van der Waals surface area (Å²) in [6, 6.07) is 6.28. The van der Waals surface area contributed by atoms with Gasteiger partial charge < -0.3 is 10.1 Å². The summed E-state index contributed by atoms with van der Waals surface area (Å²) in [6.07, 6.45) is 0.968. The lowest BCUT2D eigenvalue weighted by Crippen LogP contribution is -2.51. The van der Waals surface area contributed by atoms with Gasteiger partial charge in [0.2, 0.25) is 15.9 Å². The minimum atomic E-state index is -3.56. The molecular formula is C18H28ClN3O4S. The van der Waals surface area contributed by atoms with Crippen molar-refractivity contribution < 1.29 is 17.9 Å². The summed E-state index contributed by atoms with van der Waals surface area (Å²) in [5, 5.41) is 3.26. The van der Waals surface area contributed by atoms with E-state index in [1.54, 1.807) is 18.2 Å². The van der Waals surface area contributed by atoms with Crippen LogP contribution < -0.4 is 5.32 Å². The molecule has 1 aliphatic heterocycles. The number of ether oxygens (including phenoxy) is 1. The van der Waals surface area contributed by atoms with Crippen molar-refractivity contribution in [2.75, 3.05) is 45.9 Å². The molecule has 1 N–H and O–H groups in total. The highest BCUT2D eigenvalue weighted by molar-refractivity contribution is 7.89. The molecule has 152 valence electrons. The predicted molar refractivity (Wildman–Crippen MR) is 105 cm³/mol. The summed E-state index contributed by atoms with van der Waals surface area (Å²) in [4.78, 5) is 14.2. The fourth-order valence-corrected chi connectivity index (χ4v) is 4.51. The Hall–Kier alpha value is -1.19. The summed E-state index contributed by atoms with van der Waals surface area (Å²) in [5.41, 5.74) is 0. The van der Waals surface area contributed by atoms with Crippen LogP contribution in [0.3, 0.4) is 0 Å². The Kier molecular flexibility index (Phi) is 8.50. The van der Waals surface area contributed by atoms with Gasteiger partial charge in [0.1, 0.15) is 0 Å². The Balaban J connectivity index is 1.74. The molecule has 0 unspecified atom stereocenters. The van der Waals surface area contributed by atoms with Gasteiger partial charge in [-0.1, -0.05) is 17.7 Å². The number of halogens is 1. The first-order valence-corrected chi connectivity index (χ1v) is 11.0. The number of nitrogens with zero attached hydrogens (tertiary/aromatic N) is 2. The normalized spacial score (nSPS) is 16.6. The zero-order chi connectivity index (χ0) is 19.9. The van der Waals surface area contributed by atoms with Crippen molar-refractivity contribution in [2.24, 2.45) is 0 Å². The average Bonchev–Trinajstić information content (AvgIpc) is 2.61. The molecule has 1 amide bonds. The van der Waals surface area contributed by atoms with E-state index >= 15 is 0 Å². The van der Waals surface area contributed by atoms with E-state index in [-0.39, 0.29) is 23.5 Å². The lowest BCUT2D eigenvalue weighted by Gasteiger charge is -2.33. The molecule has 1 fully saturated rings. The molecule has 0 radical (unpaired) electrons. The summed E-state index contributed by atoms with van der Waals surface area (Å²) in [7, 11) is -3.56. The van der Waals surface area contributed by atoms with Crippen molar-refractivity contribution in [1.82, 2.24) is 14.5 Å². The van der Waals surface area contributed by atoms with E-state index in [2.05, 4.69) is 5.32 Å². The van der Waals surface area contributed by atoms with Gasteiger partial charge in [-0.25, -0.2) is 8.42 Å². The molecule has 0 spiro atoms. The molecule has 1 aromatic carbocycles. The molecule has 0 bridgehead atoms. The Morgan fingerprint density at radius 2 is 1.96 bits per heavy atom. The van der Waals surface area contributed by atoms with Crippen LogP contribution in [0, 0.1) is 0 Å². The van der Waals surface area contributed by atoms with Crippen LogP contribution in [-0.2, 0) is 19.6 Å². The van der Waals surface area contributed by atoms with E-state index in [1.165, 1.54) is 10.4 Å². The van der Waals surface area contributed by atoms with Crippen LogP contribution in [0.4, 0.5) is 0 Å². The van der Waals surface area contributed by atoms with Gasteiger partial charge in [0.25, 0.3) is 0 Å². The minimum Gasteiger partial charge on any atom is -0.379 e. The zero-order valence-electron chi connectivity index (χ0n) is 15.9. The van der Waals surface area contributed by atoms with Crippen molar-refractivity contribution in [3.63, 3.8) is 0 Å². The average molecular weight is 418 g/mol. The lowest BCUT2D eigenvalue weighted by molar-refractivity contribution is -0.122. The first-order valence-electron chi connectivity index (χ1n) is 9.15. The van der Waals surface area contributed by atoms with Crippen molar-refractivity contribution >= 4 is 27.5 Å². The minimum absolute atomic E-state index is 0.0503. The Morgan fingerprint density at radius 1 is 1.26 bits per heavy atom. The molecule has 0 aliphatic carbocycles. The third-order valence-corrected chi connectivity index (χ3v) is 6.36. The SMILES string of the molecule is CC(C)OCCCNC(=O)CN1CCN(S(=O)(=O)c2cccc(Cl)c2)CC1. The maximum Gasteiger partial charge on any atom is 0.243 e. The van der Waals surface area contributed by atoms with Gasteiger partial charge in [-0.2, -0.15) is 4.31 Å². The molecule has 1 aromatic rings. The molecule has 27 heavy (non-hydrogen) atoms. The van der Waals surface area contributed by atoms with Gasteiger partial charge in [0.15, 0.2) is 0 Å². The van der Waals surface area contributed by atoms with Crippen molar-refractivity contribution in [3.8, 4) is 0 Å². The van der Waals surface area contributed by atoms with E-state index in [1.807, 2.05) is 18.7 Å². The maximum atomic E-state index is 12.7. The first-order chi connectivity index (χ1) is 12.8. The number of hydrogen-bond acceptors (Lipinski definition) is 5. The summed E-state index contributed by atoms with van der Waals surface area (Å²) in [6.45, 7) is 7.17. The quantitative estimate of drug-likeness (QED) is 0.617. The molecule has 0 atom stereocenters. The number of piperazine rings is 1. The van der Waals surface area contributed by atoms with Gasteiger partial charge in [-0.15, -0.1) is 0 Å². The van der Waals surface area contributed by atoms with E-state index in [9.17, 15) is 13.2 Å². The van der Waals surface area contributed by atoms with Crippen LogP contribution in [0.2, 0.25) is 5.02 Å². The molecule has 7 nitrogen and oxygen atoms in total. The molecule has 9 heteroatoms. The Labute approximate surface area is 166 Å². The van der Waals surface area contributed by atoms with Crippen molar-refractivity contribution in [3.05, 3.63) is 29.3 Å². The first kappa shape index (κ1) is 22.1. The second-order valence-electron chi connectivity index (χ2n) is 6.76. The Bertz CT molecular complexity index is 719. The lowest BCUT2D eigenvalue weighted by atomic mass is 10.3. The van der Waals surface area contributed by atoms with Gasteiger partial charge in [-0.3, -0.25) is 9.69 Å². The number of carbonyl (C=O) groups is 1. The third kappa shape index (κ3) is 7.04. The molecule has 1 heterocycles. The maximum absolute atomic E-state index is 12.7. The number of benzene rings is 1. The largest absolute Gasteiger partial charge is 0.379 e. The number of rotatable bonds is 9. The number of amides is 1. The van der Waals surface area contributed by atoms with Gasteiger partial charge in [0.05, 0.1) is 17.5 Å². The highest BCUT2D eigenvalue weighted by Crippen LogP contribution is 2.20. The van der Waals surface area contributed by atoms with Crippen LogP contribution in [0.25, 0.3) is 0 Å². The van der Waals surface area contributed by atoms with E-state index in [0.29, 0.717) is 44.4 Å². The number of hydrogen-bond donors (Lipinski definition) is 1. The third-order valence-electron chi connectivity index (χ3n) is 4.23. The monoisotopic (exact) mass is 417 g/mol. The number of sulfonamides is 1. The smallest absolute Gasteiger partial charge is 0.243 e. The molecule has 0 aromatic heterocycles. The second kappa shape index (κ2) is 10.4. The summed E-state index contributed by atoms with van der Waals surface area (Å²) in [5.74, 6) is -0.0503. The molecule has 1 aliphatic rings. The van der Waals surface area contributed by atoms with Gasteiger partial charge in [0, 0.05) is 44.4 Å². The van der Waals surface area contributed by atoms with Crippen molar-refractivity contribution in [1.29, 1.82) is 0 Å². The topological polar surface area (TPSA) is 79.0 Å². The van der Waals surface area contributed by atoms with Gasteiger partial charge in [-0.05, 0) is 38.5 Å². The highest BCUT2D eigenvalue weighted by Gasteiger charge is 2.29. The summed E-state index contributed by atoms with van der Waals surface area (Å²) >= 11 is 5.90. The zero-order valence-corrected chi connectivity index (χ0v) is 17.4. The van der Waals surface area contributed by atoms with E-state index < -0.39 is 10.0 Å². The van der Waals surface area contributed by atoms with E-state index in [4.69, 9.17) is 16.3 Å². The highest BCUT2D eigenvalue weighted by atomic mass is 35.5. The molecule has 1 saturated heterocycles. The second-order valence-corrected chi connectivity index (χ2v) is 9.14. The van der Waals surface area contributed by atoms with Crippen LogP contribution in [0.5, 0.6) is 0 Å². The fraction of sp³-hybridized carbons (Fsp3) is 0.611. The van der Waals surface area contributed by atoms with Crippen LogP contribution in [0.15, 0.2) is 29.2 Å².